The zero-order chi connectivity index (χ0) is 12.1. The van der Waals surface area contributed by atoms with Gasteiger partial charge in [-0.15, -0.1) is 0 Å². The van der Waals surface area contributed by atoms with E-state index >= 15 is 0 Å². The number of hydrogen-bond acceptors (Lipinski definition) is 3. The van der Waals surface area contributed by atoms with Crippen LogP contribution in [-0.2, 0) is 0 Å². The Morgan fingerprint density at radius 2 is 2.24 bits per heavy atom. The van der Waals surface area contributed by atoms with Crippen molar-refractivity contribution in [2.75, 3.05) is 0 Å². The molecule has 0 fully saturated rings. The van der Waals surface area contributed by atoms with Gasteiger partial charge in [0.2, 0.25) is 0 Å². The molecule has 2 aromatic rings. The lowest BCUT2D eigenvalue weighted by atomic mass is 10.2. The van der Waals surface area contributed by atoms with Gasteiger partial charge in [-0.05, 0) is 30.3 Å². The van der Waals surface area contributed by atoms with Crippen LogP contribution in [0.5, 0.6) is 0 Å². The van der Waals surface area contributed by atoms with Gasteiger partial charge in [0.25, 0.3) is 5.91 Å². The lowest BCUT2D eigenvalue weighted by Gasteiger charge is -1.99. The summed E-state index contributed by atoms with van der Waals surface area (Å²) in [5.74, 6) is 0.314. The molecule has 0 atom stereocenters. The second-order valence-electron chi connectivity index (χ2n) is 3.22. The van der Waals surface area contributed by atoms with E-state index in [2.05, 4.69) is 26.5 Å². The zero-order valence-corrected chi connectivity index (χ0v) is 10.3. The summed E-state index contributed by atoms with van der Waals surface area (Å²) < 4.78 is 5.88. The van der Waals surface area contributed by atoms with Crippen LogP contribution < -0.4 is 5.43 Å². The first kappa shape index (κ1) is 11.6. The quantitative estimate of drug-likeness (QED) is 0.699. The average molecular weight is 293 g/mol. The SMILES string of the molecule is O=C(NN=Cc1ccco1)c1cccc(Br)c1. The van der Waals surface area contributed by atoms with Gasteiger partial charge in [0.05, 0.1) is 12.5 Å². The Hall–Kier alpha value is -1.88. The highest BCUT2D eigenvalue weighted by Crippen LogP contribution is 2.11. The molecule has 1 N–H and O–H groups in total. The summed E-state index contributed by atoms with van der Waals surface area (Å²) in [5.41, 5.74) is 2.95. The van der Waals surface area contributed by atoms with E-state index in [1.54, 1.807) is 30.3 Å². The van der Waals surface area contributed by atoms with Gasteiger partial charge in [0, 0.05) is 10.0 Å². The fraction of sp³-hybridized carbons (Fsp3) is 0. The maximum absolute atomic E-state index is 11.6. The topological polar surface area (TPSA) is 54.6 Å². The third kappa shape index (κ3) is 3.29. The van der Waals surface area contributed by atoms with Crippen molar-refractivity contribution in [3.63, 3.8) is 0 Å². The summed E-state index contributed by atoms with van der Waals surface area (Å²) in [7, 11) is 0. The number of carbonyl (C=O) groups excluding carboxylic acids is 1. The molecule has 86 valence electrons. The van der Waals surface area contributed by atoms with Crippen LogP contribution in [0, 0.1) is 0 Å². The lowest BCUT2D eigenvalue weighted by molar-refractivity contribution is 0.0955. The van der Waals surface area contributed by atoms with Gasteiger partial charge < -0.3 is 4.42 Å². The highest BCUT2D eigenvalue weighted by Gasteiger charge is 2.03. The van der Waals surface area contributed by atoms with Gasteiger partial charge in [0.1, 0.15) is 5.76 Å². The van der Waals surface area contributed by atoms with Crippen molar-refractivity contribution >= 4 is 28.1 Å². The van der Waals surface area contributed by atoms with Crippen LogP contribution >= 0.6 is 15.9 Å². The summed E-state index contributed by atoms with van der Waals surface area (Å²) in [6.45, 7) is 0. The minimum absolute atomic E-state index is 0.269. The second-order valence-corrected chi connectivity index (χ2v) is 4.14. The normalized spacial score (nSPS) is 10.6. The van der Waals surface area contributed by atoms with Crippen molar-refractivity contribution in [3.8, 4) is 0 Å². The van der Waals surface area contributed by atoms with Gasteiger partial charge in [0.15, 0.2) is 0 Å². The summed E-state index contributed by atoms with van der Waals surface area (Å²) in [6, 6.07) is 10.6. The minimum Gasteiger partial charge on any atom is -0.463 e. The molecule has 0 unspecified atom stereocenters. The van der Waals surface area contributed by atoms with Crippen LogP contribution in [0.4, 0.5) is 0 Å². The third-order valence-corrected chi connectivity index (χ3v) is 2.48. The van der Waals surface area contributed by atoms with E-state index in [9.17, 15) is 4.79 Å². The van der Waals surface area contributed by atoms with Crippen LogP contribution in [0.2, 0.25) is 0 Å². The Kier molecular flexibility index (Phi) is 3.72. The molecule has 0 radical (unpaired) electrons. The zero-order valence-electron chi connectivity index (χ0n) is 8.76. The lowest BCUT2D eigenvalue weighted by Crippen LogP contribution is -2.17. The Balaban J connectivity index is 1.98. The molecule has 1 heterocycles. The molecule has 0 aliphatic carbocycles. The van der Waals surface area contributed by atoms with Gasteiger partial charge >= 0.3 is 0 Å². The molecular weight excluding hydrogens is 284 g/mol. The van der Waals surface area contributed by atoms with Crippen LogP contribution in [0.1, 0.15) is 16.1 Å². The third-order valence-electron chi connectivity index (χ3n) is 1.99. The van der Waals surface area contributed by atoms with Gasteiger partial charge in [-0.1, -0.05) is 22.0 Å². The van der Waals surface area contributed by atoms with Crippen molar-refractivity contribution in [1.82, 2.24) is 5.43 Å². The fourth-order valence-electron chi connectivity index (χ4n) is 1.21. The highest BCUT2D eigenvalue weighted by molar-refractivity contribution is 9.10. The maximum atomic E-state index is 11.6. The molecule has 5 heteroatoms. The molecule has 2 rings (SSSR count). The predicted octanol–water partition coefficient (Wildman–Crippen LogP) is 2.81. The second kappa shape index (κ2) is 5.45. The van der Waals surface area contributed by atoms with Crippen LogP contribution in [-0.4, -0.2) is 12.1 Å². The number of carbonyl (C=O) groups is 1. The first-order chi connectivity index (χ1) is 8.25. The number of hydrogen-bond donors (Lipinski definition) is 1. The first-order valence-electron chi connectivity index (χ1n) is 4.88. The fourth-order valence-corrected chi connectivity index (χ4v) is 1.61. The van der Waals surface area contributed by atoms with E-state index in [-0.39, 0.29) is 5.91 Å². The van der Waals surface area contributed by atoms with Crippen LogP contribution in [0.15, 0.2) is 56.7 Å². The van der Waals surface area contributed by atoms with Crippen molar-refractivity contribution < 1.29 is 9.21 Å². The highest BCUT2D eigenvalue weighted by atomic mass is 79.9. The van der Waals surface area contributed by atoms with Crippen molar-refractivity contribution in [2.24, 2.45) is 5.10 Å². The maximum Gasteiger partial charge on any atom is 0.271 e. The Bertz CT molecular complexity index is 535. The Labute approximate surface area is 106 Å². The average Bonchev–Trinajstić information content (AvgIpc) is 2.82. The van der Waals surface area contributed by atoms with Crippen LogP contribution in [0.3, 0.4) is 0 Å². The smallest absolute Gasteiger partial charge is 0.271 e. The largest absolute Gasteiger partial charge is 0.463 e. The molecule has 17 heavy (non-hydrogen) atoms. The number of nitrogens with zero attached hydrogens (tertiary/aromatic N) is 1. The molecule has 0 bridgehead atoms. The van der Waals surface area contributed by atoms with Crippen LogP contribution in [0.25, 0.3) is 0 Å². The molecule has 1 amide bonds. The molecule has 0 spiro atoms. The van der Waals surface area contributed by atoms with Gasteiger partial charge in [-0.3, -0.25) is 4.79 Å². The summed E-state index contributed by atoms with van der Waals surface area (Å²) in [5, 5.41) is 3.79. The predicted molar refractivity (Wildman–Crippen MR) is 67.9 cm³/mol. The number of rotatable bonds is 3. The van der Waals surface area contributed by atoms with Crippen molar-refractivity contribution in [1.29, 1.82) is 0 Å². The van der Waals surface area contributed by atoms with E-state index in [1.165, 1.54) is 12.5 Å². The number of halogens is 1. The molecule has 1 aromatic carbocycles. The van der Waals surface area contributed by atoms with Crippen molar-refractivity contribution in [2.45, 2.75) is 0 Å². The number of furan rings is 1. The summed E-state index contributed by atoms with van der Waals surface area (Å²) >= 11 is 3.30. The first-order valence-corrected chi connectivity index (χ1v) is 5.67. The van der Waals surface area contributed by atoms with E-state index < -0.39 is 0 Å². The van der Waals surface area contributed by atoms with E-state index in [0.717, 1.165) is 4.47 Å². The molecule has 0 aliphatic heterocycles. The number of benzene rings is 1. The summed E-state index contributed by atoms with van der Waals surface area (Å²) in [4.78, 5) is 11.6. The number of hydrazone groups is 1. The van der Waals surface area contributed by atoms with Crippen molar-refractivity contribution in [3.05, 3.63) is 58.5 Å². The van der Waals surface area contributed by atoms with E-state index in [1.807, 2.05) is 6.07 Å². The van der Waals surface area contributed by atoms with E-state index in [0.29, 0.717) is 11.3 Å². The molecule has 1 aromatic heterocycles. The molecule has 4 nitrogen and oxygen atoms in total. The molecule has 0 saturated carbocycles. The molecule has 0 saturated heterocycles. The Morgan fingerprint density at radius 1 is 1.35 bits per heavy atom. The summed E-state index contributed by atoms with van der Waals surface area (Å²) in [6.07, 6.45) is 2.98. The standard InChI is InChI=1S/C12H9BrN2O2/c13-10-4-1-3-9(7-10)12(16)15-14-8-11-5-2-6-17-11/h1-8H,(H,15,16). The van der Waals surface area contributed by atoms with Gasteiger partial charge in [-0.25, -0.2) is 5.43 Å². The Morgan fingerprint density at radius 3 is 2.94 bits per heavy atom. The van der Waals surface area contributed by atoms with E-state index in [4.69, 9.17) is 4.42 Å². The molecular formula is C12H9BrN2O2. The number of nitrogens with one attached hydrogen (secondary N) is 1. The van der Waals surface area contributed by atoms with Gasteiger partial charge in [-0.2, -0.15) is 5.10 Å². The molecule has 0 aliphatic rings. The minimum atomic E-state index is -0.269. The monoisotopic (exact) mass is 292 g/mol. The number of amides is 1.